The van der Waals surface area contributed by atoms with Gasteiger partial charge in [0.25, 0.3) is 5.91 Å². The number of aliphatic hydroxyl groups excluding tert-OH is 1. The first-order valence-corrected chi connectivity index (χ1v) is 5.35. The highest BCUT2D eigenvalue weighted by atomic mass is 16.3. The second-order valence-electron chi connectivity index (χ2n) is 3.68. The Hall–Kier alpha value is -1.79. The van der Waals surface area contributed by atoms with Crippen molar-refractivity contribution in [2.45, 2.75) is 13.1 Å². The molecule has 0 aliphatic rings. The molecule has 1 aromatic rings. The lowest BCUT2D eigenvalue weighted by Gasteiger charge is -2.16. The number of carbonyl (C=O) groups is 1. The summed E-state index contributed by atoms with van der Waals surface area (Å²) in [5.74, 6) is -0.298. The van der Waals surface area contributed by atoms with Crippen LogP contribution >= 0.6 is 0 Å². The Kier molecular flexibility index (Phi) is 4.74. The van der Waals surface area contributed by atoms with Crippen LogP contribution in [0.4, 0.5) is 11.4 Å². The van der Waals surface area contributed by atoms with Crippen LogP contribution in [0, 0.1) is 0 Å². The van der Waals surface area contributed by atoms with Gasteiger partial charge in [-0.05, 0) is 19.1 Å². The molecule has 6 heteroatoms. The lowest BCUT2D eigenvalue weighted by Crippen LogP contribution is -2.44. The van der Waals surface area contributed by atoms with Crippen LogP contribution in [0.5, 0.6) is 0 Å². The minimum Gasteiger partial charge on any atom is -0.397 e. The van der Waals surface area contributed by atoms with Gasteiger partial charge in [0, 0.05) is 6.54 Å². The van der Waals surface area contributed by atoms with Crippen LogP contribution in [0.25, 0.3) is 0 Å². The molecule has 0 heterocycles. The van der Waals surface area contributed by atoms with Gasteiger partial charge in [-0.3, -0.25) is 10.1 Å². The maximum Gasteiger partial charge on any atom is 0.254 e. The molecule has 0 aliphatic heterocycles. The first kappa shape index (κ1) is 13.3. The molecule has 0 aromatic heterocycles. The summed E-state index contributed by atoms with van der Waals surface area (Å²) >= 11 is 0. The standard InChI is InChI=1S/C11H18N4O2/c1-7(14-5-6-16)15-11(17)8-3-2-4-9(12)10(8)13/h2-4,7,14,16H,5-6,12-13H2,1H3,(H,15,17). The Bertz CT molecular complexity index is 395. The van der Waals surface area contributed by atoms with E-state index in [0.29, 0.717) is 17.8 Å². The second-order valence-corrected chi connectivity index (χ2v) is 3.68. The number of carbonyl (C=O) groups excluding carboxylic acids is 1. The third-order valence-corrected chi connectivity index (χ3v) is 2.29. The Morgan fingerprint density at radius 2 is 2.18 bits per heavy atom. The molecule has 7 N–H and O–H groups in total. The lowest BCUT2D eigenvalue weighted by molar-refractivity contribution is 0.0932. The van der Waals surface area contributed by atoms with Crippen LogP contribution in [0.1, 0.15) is 17.3 Å². The molecule has 1 amide bonds. The highest BCUT2D eigenvalue weighted by Crippen LogP contribution is 2.19. The van der Waals surface area contributed by atoms with Crippen molar-refractivity contribution in [2.24, 2.45) is 0 Å². The first-order valence-electron chi connectivity index (χ1n) is 5.35. The van der Waals surface area contributed by atoms with Gasteiger partial charge in [0.2, 0.25) is 0 Å². The number of nitrogens with one attached hydrogen (secondary N) is 2. The zero-order chi connectivity index (χ0) is 12.8. The first-order chi connectivity index (χ1) is 8.06. The topological polar surface area (TPSA) is 113 Å². The van der Waals surface area contributed by atoms with E-state index >= 15 is 0 Å². The molecule has 6 nitrogen and oxygen atoms in total. The number of nitrogen functional groups attached to an aromatic ring is 2. The molecule has 0 aliphatic carbocycles. The molecule has 17 heavy (non-hydrogen) atoms. The van der Waals surface area contributed by atoms with Gasteiger partial charge in [-0.15, -0.1) is 0 Å². The number of hydrogen-bond acceptors (Lipinski definition) is 5. The van der Waals surface area contributed by atoms with Gasteiger partial charge < -0.3 is 21.9 Å². The highest BCUT2D eigenvalue weighted by molar-refractivity contribution is 6.01. The summed E-state index contributed by atoms with van der Waals surface area (Å²) in [5, 5.41) is 14.3. The zero-order valence-corrected chi connectivity index (χ0v) is 9.73. The molecule has 1 aromatic carbocycles. The smallest absolute Gasteiger partial charge is 0.254 e. The molecule has 0 bridgehead atoms. The van der Waals surface area contributed by atoms with Crippen molar-refractivity contribution in [2.75, 3.05) is 24.6 Å². The quantitative estimate of drug-likeness (QED) is 0.351. The van der Waals surface area contributed by atoms with E-state index in [4.69, 9.17) is 16.6 Å². The van der Waals surface area contributed by atoms with E-state index in [1.54, 1.807) is 25.1 Å². The van der Waals surface area contributed by atoms with Gasteiger partial charge in [-0.2, -0.15) is 0 Å². The molecule has 0 saturated carbocycles. The number of nitrogens with two attached hydrogens (primary N) is 2. The van der Waals surface area contributed by atoms with E-state index in [1.807, 2.05) is 0 Å². The Balaban J connectivity index is 2.67. The predicted molar refractivity (Wildman–Crippen MR) is 67.3 cm³/mol. The molecule has 0 fully saturated rings. The van der Waals surface area contributed by atoms with Crippen molar-refractivity contribution in [3.05, 3.63) is 23.8 Å². The summed E-state index contributed by atoms with van der Waals surface area (Å²) in [6.45, 7) is 2.20. The van der Waals surface area contributed by atoms with Crippen molar-refractivity contribution in [1.82, 2.24) is 10.6 Å². The minimum atomic E-state index is -0.298. The average Bonchev–Trinajstić information content (AvgIpc) is 2.29. The summed E-state index contributed by atoms with van der Waals surface area (Å²) in [6.07, 6.45) is -0.254. The summed E-state index contributed by atoms with van der Waals surface area (Å²) < 4.78 is 0. The minimum absolute atomic E-state index is 0.0145. The van der Waals surface area contributed by atoms with Crippen molar-refractivity contribution in [3.8, 4) is 0 Å². The van der Waals surface area contributed by atoms with Crippen LogP contribution in [0.3, 0.4) is 0 Å². The molecular weight excluding hydrogens is 220 g/mol. The normalized spacial score (nSPS) is 12.1. The zero-order valence-electron chi connectivity index (χ0n) is 9.73. The summed E-state index contributed by atoms with van der Waals surface area (Å²) in [7, 11) is 0. The molecule has 1 rings (SSSR count). The van der Waals surface area contributed by atoms with E-state index in [-0.39, 0.29) is 24.4 Å². The monoisotopic (exact) mass is 238 g/mol. The van der Waals surface area contributed by atoms with E-state index in [2.05, 4.69) is 10.6 Å². The van der Waals surface area contributed by atoms with Crippen LogP contribution in [-0.4, -0.2) is 30.3 Å². The molecular formula is C11H18N4O2. The van der Waals surface area contributed by atoms with E-state index in [1.165, 1.54) is 0 Å². The Morgan fingerprint density at radius 3 is 2.82 bits per heavy atom. The lowest BCUT2D eigenvalue weighted by atomic mass is 10.1. The fourth-order valence-electron chi connectivity index (χ4n) is 1.39. The number of benzene rings is 1. The van der Waals surface area contributed by atoms with Gasteiger partial charge in [0.15, 0.2) is 0 Å². The van der Waals surface area contributed by atoms with Crippen LogP contribution in [0.15, 0.2) is 18.2 Å². The maximum atomic E-state index is 11.8. The SMILES string of the molecule is CC(NCCO)NC(=O)c1cccc(N)c1N. The molecule has 0 spiro atoms. The van der Waals surface area contributed by atoms with Crippen LogP contribution in [-0.2, 0) is 0 Å². The summed E-state index contributed by atoms with van der Waals surface area (Å²) in [4.78, 5) is 11.8. The van der Waals surface area contributed by atoms with Gasteiger partial charge in [0.05, 0.1) is 29.7 Å². The van der Waals surface area contributed by atoms with Crippen LogP contribution in [0.2, 0.25) is 0 Å². The molecule has 94 valence electrons. The molecule has 0 saturated heterocycles. The molecule has 1 unspecified atom stereocenters. The van der Waals surface area contributed by atoms with E-state index in [0.717, 1.165) is 0 Å². The maximum absolute atomic E-state index is 11.8. The third-order valence-electron chi connectivity index (χ3n) is 2.29. The van der Waals surface area contributed by atoms with Gasteiger partial charge >= 0.3 is 0 Å². The number of anilines is 2. The predicted octanol–water partition coefficient (Wildman–Crippen LogP) is -0.491. The van der Waals surface area contributed by atoms with Crippen molar-refractivity contribution >= 4 is 17.3 Å². The number of amides is 1. The van der Waals surface area contributed by atoms with E-state index < -0.39 is 0 Å². The van der Waals surface area contributed by atoms with Crippen molar-refractivity contribution in [1.29, 1.82) is 0 Å². The van der Waals surface area contributed by atoms with Crippen molar-refractivity contribution < 1.29 is 9.90 Å². The average molecular weight is 238 g/mol. The Morgan fingerprint density at radius 1 is 1.47 bits per heavy atom. The fourth-order valence-corrected chi connectivity index (χ4v) is 1.39. The molecule has 0 radical (unpaired) electrons. The third kappa shape index (κ3) is 3.61. The number of aliphatic hydroxyl groups is 1. The summed E-state index contributed by atoms with van der Waals surface area (Å²) in [6, 6.07) is 4.92. The number of hydrogen-bond donors (Lipinski definition) is 5. The van der Waals surface area contributed by atoms with Gasteiger partial charge in [-0.25, -0.2) is 0 Å². The van der Waals surface area contributed by atoms with Crippen molar-refractivity contribution in [3.63, 3.8) is 0 Å². The number of rotatable bonds is 5. The number of para-hydroxylation sites is 1. The largest absolute Gasteiger partial charge is 0.397 e. The van der Waals surface area contributed by atoms with Gasteiger partial charge in [0.1, 0.15) is 0 Å². The highest BCUT2D eigenvalue weighted by Gasteiger charge is 2.13. The summed E-state index contributed by atoms with van der Waals surface area (Å²) in [5.41, 5.74) is 12.3. The van der Waals surface area contributed by atoms with Crippen LogP contribution < -0.4 is 22.1 Å². The fraction of sp³-hybridized carbons (Fsp3) is 0.364. The molecule has 1 atom stereocenters. The second kappa shape index (κ2) is 6.07. The Labute approximate surface area is 100.0 Å². The van der Waals surface area contributed by atoms with Gasteiger partial charge in [-0.1, -0.05) is 6.07 Å². The van der Waals surface area contributed by atoms with E-state index in [9.17, 15) is 4.79 Å².